The highest BCUT2D eigenvalue weighted by Crippen LogP contribution is 2.58. The highest BCUT2D eigenvalue weighted by Gasteiger charge is 2.62. The summed E-state index contributed by atoms with van der Waals surface area (Å²) in [5.74, 6) is -2.24. The van der Waals surface area contributed by atoms with Crippen LogP contribution in [-0.4, -0.2) is 89.9 Å². The summed E-state index contributed by atoms with van der Waals surface area (Å²) in [6.45, 7) is 18.5. The number of nitrogens with zero attached hydrogens (tertiary/aromatic N) is 3. The van der Waals surface area contributed by atoms with Gasteiger partial charge in [-0.15, -0.1) is 11.3 Å². The first kappa shape index (κ1) is 46.2. The Morgan fingerprint density at radius 3 is 2.33 bits per heavy atom. The van der Waals surface area contributed by atoms with E-state index in [1.807, 2.05) is 53.0 Å². The number of pyridine rings is 1. The molecule has 1 aliphatic heterocycles. The lowest BCUT2D eigenvalue weighted by molar-refractivity contribution is -0.161. The first-order valence-electron chi connectivity index (χ1n) is 21.0. The standard InChI is InChI=1S/C44H61N5O10S2/c1-12-26-21-44(26,39(53)48-61(54,55)59-43(10)15-16-43)22-35(50)34-18-28(23-49(34)38(52)30(41(4,5)6)19-37(51)58-42(7,8)9)57-36-20-32(33-24-60-40(47-33)45-25(2)3)46-31-17-27(56-11)13-14-29(31)36/h13-14,17,20,24-26,28,30,34H,12,15-16,18-19,21-23H2,1-11H3,(H,45,47)(H,48,53)/t26-,28-,30-,34?,44-/m1/s1. The number of carbonyl (C=O) groups excluding carboxylic acids is 4. The number of aromatic nitrogens is 2. The van der Waals surface area contributed by atoms with Gasteiger partial charge in [0, 0.05) is 41.8 Å². The largest absolute Gasteiger partial charge is 0.497 e. The van der Waals surface area contributed by atoms with Crippen molar-refractivity contribution in [2.75, 3.05) is 19.0 Å². The van der Waals surface area contributed by atoms with E-state index in [1.54, 1.807) is 53.0 Å². The maximum atomic E-state index is 14.9. The predicted molar refractivity (Wildman–Crippen MR) is 232 cm³/mol. The Balaban J connectivity index is 1.34. The van der Waals surface area contributed by atoms with Crippen molar-refractivity contribution in [1.29, 1.82) is 0 Å². The summed E-state index contributed by atoms with van der Waals surface area (Å²) >= 11 is 1.45. The molecule has 3 aromatic rings. The summed E-state index contributed by atoms with van der Waals surface area (Å²) < 4.78 is 51.2. The molecule has 1 unspecified atom stereocenters. The van der Waals surface area contributed by atoms with Gasteiger partial charge in [-0.1, -0.05) is 34.1 Å². The number of hydrogen-bond acceptors (Lipinski definition) is 14. The van der Waals surface area contributed by atoms with Gasteiger partial charge < -0.3 is 24.4 Å². The third-order valence-corrected chi connectivity index (χ3v) is 13.5. The molecular formula is C44H61N5O10S2. The molecule has 0 spiro atoms. The Morgan fingerprint density at radius 2 is 1.74 bits per heavy atom. The molecule has 15 nitrogen and oxygen atoms in total. The monoisotopic (exact) mass is 883 g/mol. The van der Waals surface area contributed by atoms with E-state index in [9.17, 15) is 27.6 Å². The molecule has 17 heteroatoms. The SMILES string of the molecule is CC[C@@H]1C[C@]1(CC(=O)C1C[C@@H](Oc2cc(-c3csc(NC(C)C)n3)nc3cc(OC)ccc23)CN1C(=O)[C@@H](CC(=O)OC(C)(C)C)C(C)(C)C)C(=O)NS(=O)(=O)OC1(C)CC1. The quantitative estimate of drug-likeness (QED) is 0.129. The lowest BCUT2D eigenvalue weighted by Crippen LogP contribution is -2.49. The highest BCUT2D eigenvalue weighted by atomic mass is 32.2. The number of thiazole rings is 1. The fourth-order valence-electron chi connectivity index (χ4n) is 8.04. The number of ketones is 1. The Hall–Kier alpha value is -4.35. The maximum Gasteiger partial charge on any atom is 0.362 e. The number of hydrogen-bond donors (Lipinski definition) is 2. The van der Waals surface area contributed by atoms with Crippen LogP contribution >= 0.6 is 11.3 Å². The normalized spacial score (nSPS) is 22.8. The molecule has 6 rings (SSSR count). The number of amides is 2. The number of fused-ring (bicyclic) bond motifs is 1. The predicted octanol–water partition coefficient (Wildman–Crippen LogP) is 7.24. The molecule has 1 saturated heterocycles. The summed E-state index contributed by atoms with van der Waals surface area (Å²) in [5.41, 5.74) is -1.88. The van der Waals surface area contributed by atoms with Gasteiger partial charge in [0.1, 0.15) is 28.9 Å². The summed E-state index contributed by atoms with van der Waals surface area (Å²) in [6, 6.07) is 6.36. The number of nitrogens with one attached hydrogen (secondary N) is 2. The van der Waals surface area contributed by atoms with Crippen molar-refractivity contribution < 1.29 is 46.0 Å². The number of carbonyl (C=O) groups is 4. The van der Waals surface area contributed by atoms with Crippen molar-refractivity contribution in [2.24, 2.45) is 22.7 Å². The number of rotatable bonds is 17. The molecule has 0 bridgehead atoms. The molecule has 0 radical (unpaired) electrons. The molecule has 5 atom stereocenters. The van der Waals surface area contributed by atoms with Gasteiger partial charge >= 0.3 is 16.3 Å². The van der Waals surface area contributed by atoms with Gasteiger partial charge in [-0.05, 0) is 84.3 Å². The van der Waals surface area contributed by atoms with Crippen molar-refractivity contribution in [2.45, 2.75) is 144 Å². The summed E-state index contributed by atoms with van der Waals surface area (Å²) in [6.07, 6.45) is 0.808. The van der Waals surface area contributed by atoms with E-state index in [4.69, 9.17) is 28.4 Å². The molecule has 2 amide bonds. The van der Waals surface area contributed by atoms with E-state index >= 15 is 0 Å². The van der Waals surface area contributed by atoms with Crippen molar-refractivity contribution >= 4 is 61.2 Å². The number of esters is 1. The molecule has 3 fully saturated rings. The molecule has 2 N–H and O–H groups in total. The van der Waals surface area contributed by atoms with Crippen LogP contribution in [0.5, 0.6) is 11.5 Å². The van der Waals surface area contributed by atoms with Gasteiger partial charge in [0.15, 0.2) is 10.9 Å². The Kier molecular flexibility index (Phi) is 12.9. The molecule has 61 heavy (non-hydrogen) atoms. The number of ether oxygens (including phenoxy) is 3. The fraction of sp³-hybridized carbons (Fsp3) is 0.636. The summed E-state index contributed by atoms with van der Waals surface area (Å²) in [5, 5.41) is 6.64. The zero-order valence-electron chi connectivity index (χ0n) is 37.2. The smallest absolute Gasteiger partial charge is 0.362 e. The van der Waals surface area contributed by atoms with Crippen LogP contribution in [0.1, 0.15) is 114 Å². The minimum Gasteiger partial charge on any atom is -0.497 e. The van der Waals surface area contributed by atoms with Crippen LogP contribution in [0.3, 0.4) is 0 Å². The lowest BCUT2D eigenvalue weighted by Gasteiger charge is -2.35. The van der Waals surface area contributed by atoms with Gasteiger partial charge in [0.2, 0.25) is 11.8 Å². The Labute approximate surface area is 363 Å². The van der Waals surface area contributed by atoms with Crippen molar-refractivity contribution in [3.8, 4) is 22.9 Å². The molecule has 3 heterocycles. The second kappa shape index (κ2) is 17.1. The van der Waals surface area contributed by atoms with Gasteiger partial charge in [-0.3, -0.25) is 19.2 Å². The number of Topliss-reactive ketones (excluding diaryl/α,β-unsaturated/α-hetero) is 1. The zero-order valence-corrected chi connectivity index (χ0v) is 38.8. The minimum absolute atomic E-state index is 0.00179. The van der Waals surface area contributed by atoms with Crippen molar-refractivity contribution in [3.63, 3.8) is 0 Å². The van der Waals surface area contributed by atoms with E-state index in [-0.39, 0.29) is 37.8 Å². The average molecular weight is 884 g/mol. The van der Waals surface area contributed by atoms with Gasteiger partial charge in [0.25, 0.3) is 0 Å². The van der Waals surface area contributed by atoms with Crippen LogP contribution in [0.15, 0.2) is 29.6 Å². The van der Waals surface area contributed by atoms with Crippen LogP contribution in [-0.2, 0) is 38.4 Å². The number of benzene rings is 1. The van der Waals surface area contributed by atoms with E-state index in [1.165, 1.54) is 16.2 Å². The number of likely N-dealkylation sites (tertiary alicyclic amines) is 1. The zero-order chi connectivity index (χ0) is 44.9. The van der Waals surface area contributed by atoms with E-state index in [2.05, 4.69) is 10.0 Å². The van der Waals surface area contributed by atoms with E-state index < -0.39 is 74.0 Å². The van der Waals surface area contributed by atoms with Gasteiger partial charge in [-0.25, -0.2) is 18.9 Å². The first-order valence-corrected chi connectivity index (χ1v) is 23.3. The fourth-order valence-corrected chi connectivity index (χ4v) is 10.1. The molecular weight excluding hydrogens is 823 g/mol. The van der Waals surface area contributed by atoms with E-state index in [0.717, 1.165) is 5.13 Å². The van der Waals surface area contributed by atoms with Crippen LogP contribution in [0.4, 0.5) is 5.13 Å². The number of anilines is 1. The van der Waals surface area contributed by atoms with Crippen LogP contribution in [0, 0.1) is 22.7 Å². The highest BCUT2D eigenvalue weighted by molar-refractivity contribution is 7.85. The van der Waals surface area contributed by atoms with Gasteiger partial charge in [0.05, 0.1) is 54.3 Å². The van der Waals surface area contributed by atoms with E-state index in [0.29, 0.717) is 59.5 Å². The molecule has 334 valence electrons. The maximum absolute atomic E-state index is 14.9. The van der Waals surface area contributed by atoms with Crippen molar-refractivity contribution in [3.05, 3.63) is 29.6 Å². The first-order chi connectivity index (χ1) is 28.3. The molecule has 1 aromatic carbocycles. The van der Waals surface area contributed by atoms with Crippen LogP contribution in [0.25, 0.3) is 22.3 Å². The third kappa shape index (κ3) is 11.0. The topological polar surface area (TPSA) is 192 Å². The Morgan fingerprint density at radius 1 is 1.03 bits per heavy atom. The third-order valence-electron chi connectivity index (χ3n) is 11.7. The molecule has 2 saturated carbocycles. The van der Waals surface area contributed by atoms with Crippen molar-refractivity contribution in [1.82, 2.24) is 19.6 Å². The lowest BCUT2D eigenvalue weighted by atomic mass is 9.77. The second-order valence-electron chi connectivity index (χ2n) is 19.4. The van der Waals surface area contributed by atoms with Crippen LogP contribution < -0.4 is 19.5 Å². The second-order valence-corrected chi connectivity index (χ2v) is 21.6. The average Bonchev–Trinajstić information content (AvgIpc) is 3.91. The summed E-state index contributed by atoms with van der Waals surface area (Å²) in [4.78, 5) is 67.8. The molecule has 2 aromatic heterocycles. The molecule has 3 aliphatic rings. The number of methoxy groups -OCH3 is 1. The Bertz CT molecular complexity index is 2280. The van der Waals surface area contributed by atoms with Gasteiger partial charge in [-0.2, -0.15) is 8.42 Å². The van der Waals surface area contributed by atoms with Crippen LogP contribution in [0.2, 0.25) is 0 Å². The minimum atomic E-state index is -4.44. The summed E-state index contributed by atoms with van der Waals surface area (Å²) in [7, 11) is -2.87. The molecule has 2 aliphatic carbocycles.